The van der Waals surface area contributed by atoms with E-state index in [0.717, 1.165) is 0 Å². The van der Waals surface area contributed by atoms with Crippen LogP contribution < -0.4 is 14.8 Å². The van der Waals surface area contributed by atoms with Gasteiger partial charge in [-0.05, 0) is 60.7 Å². The van der Waals surface area contributed by atoms with Crippen molar-refractivity contribution in [2.75, 3.05) is 17.1 Å². The lowest BCUT2D eigenvalue weighted by atomic mass is 10.2. The zero-order valence-corrected chi connectivity index (χ0v) is 15.7. The molecular weight excluding hydrogens is 383 g/mol. The fraction of sp³-hybridized carbons (Fsp3) is 0.0500. The Hall–Kier alpha value is -3.39. The van der Waals surface area contributed by atoms with Gasteiger partial charge < -0.3 is 10.1 Å². The van der Waals surface area contributed by atoms with Gasteiger partial charge in [-0.1, -0.05) is 12.1 Å². The number of amides is 1. The molecule has 0 aliphatic rings. The van der Waals surface area contributed by atoms with Crippen molar-refractivity contribution in [1.29, 1.82) is 0 Å². The Morgan fingerprint density at radius 2 is 1.57 bits per heavy atom. The summed E-state index contributed by atoms with van der Waals surface area (Å²) in [7, 11) is -2.41. The molecule has 1 amide bonds. The van der Waals surface area contributed by atoms with Crippen molar-refractivity contribution in [3.8, 4) is 5.75 Å². The fourth-order valence-electron chi connectivity index (χ4n) is 2.45. The molecule has 3 aromatic carbocycles. The third-order valence-electron chi connectivity index (χ3n) is 3.88. The summed E-state index contributed by atoms with van der Waals surface area (Å²) >= 11 is 0. The highest BCUT2D eigenvalue weighted by Gasteiger charge is 2.17. The molecule has 6 nitrogen and oxygen atoms in total. The SMILES string of the molecule is COc1ccccc1NS(=O)(=O)c1ccc(C(=O)Nc2ccc(F)cc2)cc1. The minimum absolute atomic E-state index is 0.00302. The third-order valence-corrected chi connectivity index (χ3v) is 5.26. The Balaban J connectivity index is 1.75. The molecule has 0 spiro atoms. The molecule has 0 atom stereocenters. The monoisotopic (exact) mass is 400 g/mol. The highest BCUT2D eigenvalue weighted by Crippen LogP contribution is 2.26. The Labute approximate surface area is 162 Å². The molecule has 0 aliphatic heterocycles. The third kappa shape index (κ3) is 4.47. The molecule has 0 aliphatic carbocycles. The second kappa shape index (κ2) is 8.10. The first-order valence-electron chi connectivity index (χ1n) is 8.22. The van der Waals surface area contributed by atoms with Crippen LogP contribution in [-0.2, 0) is 10.0 Å². The van der Waals surface area contributed by atoms with Crippen LogP contribution in [0.4, 0.5) is 15.8 Å². The summed E-state index contributed by atoms with van der Waals surface area (Å²) in [6, 6.07) is 17.4. The number of carbonyl (C=O) groups excluding carboxylic acids is 1. The number of nitrogens with one attached hydrogen (secondary N) is 2. The molecule has 0 fully saturated rings. The zero-order chi connectivity index (χ0) is 20.1. The number of ether oxygens (including phenoxy) is 1. The van der Waals surface area contributed by atoms with E-state index < -0.39 is 21.7 Å². The normalized spacial score (nSPS) is 10.9. The summed E-state index contributed by atoms with van der Waals surface area (Å²) in [5, 5.41) is 2.61. The van der Waals surface area contributed by atoms with Crippen molar-refractivity contribution < 1.29 is 22.3 Å². The smallest absolute Gasteiger partial charge is 0.262 e. The van der Waals surface area contributed by atoms with Crippen LogP contribution in [0.1, 0.15) is 10.4 Å². The number of sulfonamides is 1. The molecule has 0 unspecified atom stereocenters. The summed E-state index contributed by atoms with van der Waals surface area (Å²) < 4.78 is 45.7. The van der Waals surface area contributed by atoms with Gasteiger partial charge in [-0.15, -0.1) is 0 Å². The van der Waals surface area contributed by atoms with Gasteiger partial charge >= 0.3 is 0 Å². The first-order chi connectivity index (χ1) is 13.4. The van der Waals surface area contributed by atoms with Gasteiger partial charge in [-0.25, -0.2) is 12.8 Å². The van der Waals surface area contributed by atoms with Crippen molar-refractivity contribution >= 4 is 27.3 Å². The van der Waals surface area contributed by atoms with Crippen molar-refractivity contribution in [1.82, 2.24) is 0 Å². The van der Waals surface area contributed by atoms with Crippen molar-refractivity contribution in [2.45, 2.75) is 4.90 Å². The van der Waals surface area contributed by atoms with E-state index in [9.17, 15) is 17.6 Å². The van der Waals surface area contributed by atoms with Crippen molar-refractivity contribution in [2.24, 2.45) is 0 Å². The Morgan fingerprint density at radius 1 is 0.929 bits per heavy atom. The Morgan fingerprint density at radius 3 is 2.21 bits per heavy atom. The van der Waals surface area contributed by atoms with Crippen LogP contribution in [0.25, 0.3) is 0 Å². The predicted molar refractivity (Wildman–Crippen MR) is 105 cm³/mol. The van der Waals surface area contributed by atoms with Crippen LogP contribution in [0, 0.1) is 5.82 Å². The summed E-state index contributed by atoms with van der Waals surface area (Å²) in [6.45, 7) is 0. The van der Waals surface area contributed by atoms with Gasteiger partial charge in [0.15, 0.2) is 0 Å². The number of anilines is 2. The zero-order valence-electron chi connectivity index (χ0n) is 14.8. The number of methoxy groups -OCH3 is 1. The van der Waals surface area contributed by atoms with Gasteiger partial charge in [0.25, 0.3) is 15.9 Å². The molecule has 2 N–H and O–H groups in total. The van der Waals surface area contributed by atoms with Crippen LogP contribution in [0.15, 0.2) is 77.7 Å². The number of carbonyl (C=O) groups is 1. The van der Waals surface area contributed by atoms with Crippen LogP contribution in [0.5, 0.6) is 5.75 Å². The fourth-order valence-corrected chi connectivity index (χ4v) is 3.52. The number of rotatable bonds is 6. The van der Waals surface area contributed by atoms with E-state index in [1.165, 1.54) is 55.6 Å². The van der Waals surface area contributed by atoms with Crippen LogP contribution >= 0.6 is 0 Å². The average Bonchev–Trinajstić information content (AvgIpc) is 2.70. The lowest BCUT2D eigenvalue weighted by molar-refractivity contribution is 0.102. The first kappa shape index (κ1) is 19.4. The maximum atomic E-state index is 12.9. The standard InChI is InChI=1S/C20H17FN2O4S/c1-27-19-5-3-2-4-18(19)23-28(25,26)17-12-6-14(7-13-17)20(24)22-16-10-8-15(21)9-11-16/h2-13,23H,1H3,(H,22,24). The lowest BCUT2D eigenvalue weighted by Crippen LogP contribution is -2.15. The van der Waals surface area contributed by atoms with E-state index >= 15 is 0 Å². The molecule has 0 saturated carbocycles. The second-order valence-electron chi connectivity index (χ2n) is 5.79. The number of halogens is 1. The van der Waals surface area contributed by atoms with Gasteiger partial charge in [-0.2, -0.15) is 0 Å². The molecule has 0 radical (unpaired) electrons. The minimum atomic E-state index is -3.86. The molecule has 28 heavy (non-hydrogen) atoms. The van der Waals surface area contributed by atoms with Crippen LogP contribution in [0.2, 0.25) is 0 Å². The van der Waals surface area contributed by atoms with Gasteiger partial charge in [0.05, 0.1) is 17.7 Å². The Bertz CT molecular complexity index is 1080. The van der Waals surface area contributed by atoms with Crippen LogP contribution in [0.3, 0.4) is 0 Å². The van der Waals surface area contributed by atoms with Gasteiger partial charge in [-0.3, -0.25) is 9.52 Å². The van der Waals surface area contributed by atoms with E-state index in [1.807, 2.05) is 0 Å². The van der Waals surface area contributed by atoms with E-state index in [1.54, 1.807) is 24.3 Å². The molecule has 3 aromatic rings. The summed E-state index contributed by atoms with van der Waals surface area (Å²) in [5.41, 5.74) is 1.00. The van der Waals surface area contributed by atoms with E-state index in [-0.39, 0.29) is 10.5 Å². The number of hydrogen-bond acceptors (Lipinski definition) is 4. The summed E-state index contributed by atoms with van der Waals surface area (Å²) in [4.78, 5) is 12.2. The van der Waals surface area contributed by atoms with Gasteiger partial charge in [0.2, 0.25) is 0 Å². The van der Waals surface area contributed by atoms with Gasteiger partial charge in [0.1, 0.15) is 11.6 Å². The highest BCUT2D eigenvalue weighted by molar-refractivity contribution is 7.92. The quantitative estimate of drug-likeness (QED) is 0.658. The van der Waals surface area contributed by atoms with Crippen LogP contribution in [-0.4, -0.2) is 21.4 Å². The predicted octanol–water partition coefficient (Wildman–Crippen LogP) is 3.89. The number of benzene rings is 3. The highest BCUT2D eigenvalue weighted by atomic mass is 32.2. The minimum Gasteiger partial charge on any atom is -0.495 e. The second-order valence-corrected chi connectivity index (χ2v) is 7.47. The average molecular weight is 400 g/mol. The van der Waals surface area contributed by atoms with E-state index in [4.69, 9.17) is 4.74 Å². The van der Waals surface area contributed by atoms with E-state index in [0.29, 0.717) is 17.1 Å². The lowest BCUT2D eigenvalue weighted by Gasteiger charge is -2.12. The summed E-state index contributed by atoms with van der Waals surface area (Å²) in [6.07, 6.45) is 0. The molecule has 0 saturated heterocycles. The molecule has 0 aromatic heterocycles. The molecule has 3 rings (SSSR count). The molecule has 0 bridgehead atoms. The summed E-state index contributed by atoms with van der Waals surface area (Å²) in [5.74, 6) is -0.454. The van der Waals surface area contributed by atoms with Crippen molar-refractivity contribution in [3.05, 3.63) is 84.2 Å². The van der Waals surface area contributed by atoms with E-state index in [2.05, 4.69) is 10.0 Å². The van der Waals surface area contributed by atoms with Crippen molar-refractivity contribution in [3.63, 3.8) is 0 Å². The maximum Gasteiger partial charge on any atom is 0.262 e. The number of para-hydroxylation sites is 2. The molecule has 8 heteroatoms. The molecular formula is C20H17FN2O4S. The topological polar surface area (TPSA) is 84.5 Å². The number of hydrogen-bond donors (Lipinski definition) is 2. The van der Waals surface area contributed by atoms with Gasteiger partial charge in [0, 0.05) is 11.3 Å². The molecule has 144 valence electrons. The molecule has 0 heterocycles. The first-order valence-corrected chi connectivity index (χ1v) is 9.70. The largest absolute Gasteiger partial charge is 0.495 e. The maximum absolute atomic E-state index is 12.9. The Kier molecular flexibility index (Phi) is 5.60.